The van der Waals surface area contributed by atoms with Crippen LogP contribution in [0.1, 0.15) is 32.1 Å². The molecule has 2 aromatic heterocycles. The van der Waals surface area contributed by atoms with Crippen molar-refractivity contribution >= 4 is 44.6 Å². The smallest absolute Gasteiger partial charge is 0.225 e. The lowest BCUT2D eigenvalue weighted by atomic mass is 9.89. The van der Waals surface area contributed by atoms with Gasteiger partial charge < -0.3 is 10.2 Å². The van der Waals surface area contributed by atoms with Crippen LogP contribution in [-0.4, -0.2) is 46.8 Å². The Morgan fingerprint density at radius 2 is 1.74 bits per heavy atom. The molecule has 0 amide bonds. The van der Waals surface area contributed by atoms with Crippen LogP contribution in [0.2, 0.25) is 0 Å². The quantitative estimate of drug-likeness (QED) is 0.388. The maximum absolute atomic E-state index is 11.6. The van der Waals surface area contributed by atoms with E-state index in [2.05, 4.69) is 42.0 Å². The normalized spacial score (nSPS) is 14.8. The van der Waals surface area contributed by atoms with E-state index < -0.39 is 11.0 Å². The van der Waals surface area contributed by atoms with Gasteiger partial charge in [-0.15, -0.1) is 0 Å². The van der Waals surface area contributed by atoms with E-state index in [1.165, 1.54) is 32.1 Å². The predicted molar refractivity (Wildman–Crippen MR) is 146 cm³/mol. The average Bonchev–Trinajstić information content (AvgIpc) is 2.91. The number of benzene rings is 2. The van der Waals surface area contributed by atoms with Crippen molar-refractivity contribution in [2.24, 2.45) is 5.92 Å². The van der Waals surface area contributed by atoms with Crippen molar-refractivity contribution < 1.29 is 4.21 Å². The van der Waals surface area contributed by atoms with Crippen LogP contribution in [0.15, 0.2) is 65.7 Å². The van der Waals surface area contributed by atoms with Gasteiger partial charge in [0.1, 0.15) is 16.8 Å². The minimum absolute atomic E-state index is 0.727. The summed E-state index contributed by atoms with van der Waals surface area (Å²) in [5.41, 5.74) is 1.80. The highest BCUT2D eigenvalue weighted by Crippen LogP contribution is 2.26. The van der Waals surface area contributed by atoms with Crippen LogP contribution in [0.4, 0.5) is 11.8 Å². The molecule has 1 aliphatic carbocycles. The number of anilines is 2. The zero-order chi connectivity index (χ0) is 24.6. The SMILES string of the molecule is CN(C)c1nc(NCC2CCCCC2)nc2ccccc12.CNS(=O)c1cccc2cccnc12. The van der Waals surface area contributed by atoms with E-state index in [9.17, 15) is 4.21 Å². The Labute approximate surface area is 210 Å². The molecule has 0 bridgehead atoms. The summed E-state index contributed by atoms with van der Waals surface area (Å²) in [5.74, 6) is 2.51. The number of hydrogen-bond acceptors (Lipinski definition) is 6. The van der Waals surface area contributed by atoms with Gasteiger partial charge in [-0.05, 0) is 50.1 Å². The van der Waals surface area contributed by atoms with Gasteiger partial charge in [-0.3, -0.25) is 4.98 Å². The first-order chi connectivity index (χ1) is 17.1. The molecule has 2 N–H and O–H groups in total. The second-order valence-corrected chi connectivity index (χ2v) is 10.4. The van der Waals surface area contributed by atoms with Crippen LogP contribution in [0.5, 0.6) is 0 Å². The van der Waals surface area contributed by atoms with Gasteiger partial charge in [0.25, 0.3) is 0 Å². The number of aromatic nitrogens is 3. The second-order valence-electron chi connectivity index (χ2n) is 8.97. The highest BCUT2D eigenvalue weighted by Gasteiger charge is 2.14. The topological polar surface area (TPSA) is 83.0 Å². The van der Waals surface area contributed by atoms with Crippen molar-refractivity contribution in [1.29, 1.82) is 0 Å². The summed E-state index contributed by atoms with van der Waals surface area (Å²) in [4.78, 5) is 16.3. The van der Waals surface area contributed by atoms with E-state index in [4.69, 9.17) is 0 Å². The lowest BCUT2D eigenvalue weighted by Gasteiger charge is -2.22. The second kappa shape index (κ2) is 12.0. The fourth-order valence-electron chi connectivity index (χ4n) is 4.44. The molecule has 0 radical (unpaired) electrons. The molecular formula is C27H34N6OS. The maximum Gasteiger partial charge on any atom is 0.225 e. The number of hydrogen-bond donors (Lipinski definition) is 2. The zero-order valence-electron chi connectivity index (χ0n) is 20.7. The number of nitrogens with one attached hydrogen (secondary N) is 2. The summed E-state index contributed by atoms with van der Waals surface area (Å²) in [6, 6.07) is 17.7. The van der Waals surface area contributed by atoms with Gasteiger partial charge in [-0.25, -0.2) is 13.9 Å². The Balaban J connectivity index is 0.000000179. The van der Waals surface area contributed by atoms with Crippen molar-refractivity contribution in [1.82, 2.24) is 19.7 Å². The highest BCUT2D eigenvalue weighted by atomic mass is 32.2. The third kappa shape index (κ3) is 6.32. The third-order valence-electron chi connectivity index (χ3n) is 6.26. The van der Waals surface area contributed by atoms with Crippen molar-refractivity contribution in [3.63, 3.8) is 0 Å². The van der Waals surface area contributed by atoms with E-state index in [1.54, 1.807) is 13.2 Å². The number of fused-ring (bicyclic) bond motifs is 2. The van der Waals surface area contributed by atoms with Crippen LogP contribution in [0, 0.1) is 5.92 Å². The van der Waals surface area contributed by atoms with Crippen molar-refractivity contribution in [2.75, 3.05) is 37.9 Å². The zero-order valence-corrected chi connectivity index (χ0v) is 21.5. The van der Waals surface area contributed by atoms with Crippen molar-refractivity contribution in [2.45, 2.75) is 37.0 Å². The lowest BCUT2D eigenvalue weighted by molar-refractivity contribution is 0.373. The van der Waals surface area contributed by atoms with Gasteiger partial charge in [0.05, 0.1) is 15.9 Å². The van der Waals surface area contributed by atoms with E-state index in [0.29, 0.717) is 0 Å². The molecule has 0 spiro atoms. The number of pyridine rings is 1. The van der Waals surface area contributed by atoms with Crippen LogP contribution < -0.4 is 14.9 Å². The summed E-state index contributed by atoms with van der Waals surface area (Å²) >= 11 is 0. The minimum atomic E-state index is -1.18. The molecule has 8 heteroatoms. The van der Waals surface area contributed by atoms with Crippen LogP contribution in [-0.2, 0) is 11.0 Å². The van der Waals surface area contributed by atoms with Gasteiger partial charge >= 0.3 is 0 Å². The van der Waals surface area contributed by atoms with E-state index in [-0.39, 0.29) is 0 Å². The molecule has 1 atom stereocenters. The largest absolute Gasteiger partial charge is 0.362 e. The molecule has 184 valence electrons. The Hall–Kier alpha value is -3.10. The third-order valence-corrected chi connectivity index (χ3v) is 7.36. The molecule has 1 fully saturated rings. The summed E-state index contributed by atoms with van der Waals surface area (Å²) in [7, 11) is 4.54. The molecule has 4 aromatic rings. The molecule has 2 heterocycles. The van der Waals surface area contributed by atoms with Crippen molar-refractivity contribution in [3.05, 3.63) is 60.8 Å². The van der Waals surface area contributed by atoms with Crippen molar-refractivity contribution in [3.8, 4) is 0 Å². The average molecular weight is 491 g/mol. The molecule has 5 rings (SSSR count). The molecule has 35 heavy (non-hydrogen) atoms. The molecule has 1 aliphatic rings. The van der Waals surface area contributed by atoms with Crippen LogP contribution in [0.25, 0.3) is 21.8 Å². The molecule has 2 aromatic carbocycles. The predicted octanol–water partition coefficient (Wildman–Crippen LogP) is 5.16. The molecule has 1 saturated carbocycles. The first-order valence-electron chi connectivity index (χ1n) is 12.2. The van der Waals surface area contributed by atoms with Gasteiger partial charge in [0.2, 0.25) is 5.95 Å². The number of rotatable bonds is 6. The van der Waals surface area contributed by atoms with Crippen LogP contribution in [0.3, 0.4) is 0 Å². The van der Waals surface area contributed by atoms with E-state index >= 15 is 0 Å². The Bertz CT molecular complexity index is 1280. The monoisotopic (exact) mass is 490 g/mol. The molecule has 0 saturated heterocycles. The van der Waals surface area contributed by atoms with Crippen LogP contribution >= 0.6 is 0 Å². The van der Waals surface area contributed by atoms with Gasteiger partial charge in [-0.1, -0.05) is 49.6 Å². The lowest BCUT2D eigenvalue weighted by Crippen LogP contribution is -2.19. The first kappa shape index (κ1) is 25.0. The summed E-state index contributed by atoms with van der Waals surface area (Å²) < 4.78 is 14.3. The van der Waals surface area contributed by atoms with Gasteiger partial charge in [0.15, 0.2) is 0 Å². The summed E-state index contributed by atoms with van der Waals surface area (Å²) in [5, 5.41) is 5.56. The minimum Gasteiger partial charge on any atom is -0.362 e. The van der Waals surface area contributed by atoms with Gasteiger partial charge in [0, 0.05) is 37.6 Å². The Morgan fingerprint density at radius 3 is 2.51 bits per heavy atom. The molecule has 1 unspecified atom stereocenters. The van der Waals surface area contributed by atoms with Gasteiger partial charge in [-0.2, -0.15) is 4.98 Å². The Morgan fingerprint density at radius 1 is 0.971 bits per heavy atom. The molecular weight excluding hydrogens is 456 g/mol. The van der Waals surface area contributed by atoms with E-state index in [1.807, 2.05) is 56.6 Å². The first-order valence-corrected chi connectivity index (χ1v) is 13.3. The summed E-state index contributed by atoms with van der Waals surface area (Å²) in [6.07, 6.45) is 8.51. The number of para-hydroxylation sites is 2. The standard InChI is InChI=1S/C17H24N4.C10H10N2OS/c1-21(2)16-14-10-6-7-11-15(14)19-17(20-16)18-12-13-8-4-3-5-9-13;1-11-14(13)9-6-2-4-8-5-3-7-12-10(8)9/h6-7,10-11,13H,3-5,8-9,12H2,1-2H3,(H,18,19,20);2-7,11H,1H3. The highest BCUT2D eigenvalue weighted by molar-refractivity contribution is 7.83. The summed E-state index contributed by atoms with van der Waals surface area (Å²) in [6.45, 7) is 0.991. The molecule has 0 aliphatic heterocycles. The van der Waals surface area contributed by atoms with E-state index in [0.717, 1.165) is 50.9 Å². The Kier molecular flexibility index (Phi) is 8.60. The fraction of sp³-hybridized carbons (Fsp3) is 0.370. The number of nitrogens with zero attached hydrogens (tertiary/aromatic N) is 4. The fourth-order valence-corrected chi connectivity index (χ4v) is 5.21. The maximum atomic E-state index is 11.6. The molecule has 7 nitrogen and oxygen atoms in total.